The molecule has 0 amide bonds. The van der Waals surface area contributed by atoms with Crippen molar-refractivity contribution in [2.24, 2.45) is 0 Å². The third kappa shape index (κ3) is 4.28. The van der Waals surface area contributed by atoms with Crippen molar-refractivity contribution in [3.05, 3.63) is 71.3 Å². The third-order valence-electron chi connectivity index (χ3n) is 7.90. The van der Waals surface area contributed by atoms with E-state index in [0.29, 0.717) is 52.9 Å². The number of nitrogens with zero attached hydrogens (tertiary/aromatic N) is 6. The number of halogens is 4. The number of rotatable bonds is 6. The zero-order valence-electron chi connectivity index (χ0n) is 21.7. The summed E-state index contributed by atoms with van der Waals surface area (Å²) in [5.74, 6) is 0.377. The SMILES string of the molecule is CC(C)(c1ccc(S(=O)(=O)n2nc(N3CCN(c4ncc(F)cn4)CC34CC4)c3c(Cl)cccc32)cc1)C(F)F. The van der Waals surface area contributed by atoms with Crippen molar-refractivity contribution in [2.45, 2.75) is 49.0 Å². The smallest absolute Gasteiger partial charge is 0.283 e. The van der Waals surface area contributed by atoms with E-state index in [1.807, 2.05) is 4.90 Å². The van der Waals surface area contributed by atoms with Crippen LogP contribution in [0.25, 0.3) is 10.9 Å². The second-order valence-corrected chi connectivity index (χ2v) is 13.0. The van der Waals surface area contributed by atoms with Crippen LogP contribution in [0.1, 0.15) is 32.3 Å². The zero-order chi connectivity index (χ0) is 28.4. The van der Waals surface area contributed by atoms with Gasteiger partial charge in [0.15, 0.2) is 11.6 Å². The van der Waals surface area contributed by atoms with Crippen molar-refractivity contribution in [2.75, 3.05) is 29.4 Å². The Bertz CT molecular complexity index is 1690. The monoisotopic (exact) mass is 590 g/mol. The second-order valence-electron chi connectivity index (χ2n) is 10.9. The van der Waals surface area contributed by atoms with Crippen LogP contribution in [0.5, 0.6) is 0 Å². The van der Waals surface area contributed by atoms with Crippen LogP contribution in [0.3, 0.4) is 0 Å². The van der Waals surface area contributed by atoms with Gasteiger partial charge in [-0.15, -0.1) is 5.10 Å². The molecule has 2 fully saturated rings. The molecule has 2 aliphatic rings. The first kappa shape index (κ1) is 26.8. The summed E-state index contributed by atoms with van der Waals surface area (Å²) in [6.45, 7) is 4.39. The zero-order valence-corrected chi connectivity index (χ0v) is 23.3. The molecule has 1 saturated heterocycles. The number of benzene rings is 2. The molecule has 13 heteroatoms. The van der Waals surface area contributed by atoms with Gasteiger partial charge in [0.2, 0.25) is 12.4 Å². The van der Waals surface area contributed by atoms with E-state index in [0.717, 1.165) is 29.3 Å². The molecule has 210 valence electrons. The molecular formula is C27H26ClF3N6O2S. The lowest BCUT2D eigenvalue weighted by atomic mass is 9.85. The third-order valence-corrected chi connectivity index (χ3v) is 9.82. The summed E-state index contributed by atoms with van der Waals surface area (Å²) in [5, 5.41) is 5.50. The van der Waals surface area contributed by atoms with Gasteiger partial charge in [0, 0.05) is 19.6 Å². The van der Waals surface area contributed by atoms with Gasteiger partial charge in [-0.1, -0.05) is 43.6 Å². The van der Waals surface area contributed by atoms with Crippen LogP contribution >= 0.6 is 11.6 Å². The van der Waals surface area contributed by atoms with Gasteiger partial charge in [0.25, 0.3) is 10.0 Å². The lowest BCUT2D eigenvalue weighted by molar-refractivity contribution is 0.0694. The van der Waals surface area contributed by atoms with Gasteiger partial charge < -0.3 is 9.80 Å². The first-order valence-corrected chi connectivity index (χ1v) is 14.6. The average Bonchev–Trinajstić information content (AvgIpc) is 3.57. The number of aromatic nitrogens is 4. The first-order valence-electron chi connectivity index (χ1n) is 12.8. The Kier molecular flexibility index (Phi) is 6.26. The Labute approximate surface area is 234 Å². The van der Waals surface area contributed by atoms with Crippen molar-refractivity contribution in [1.29, 1.82) is 0 Å². The molecule has 6 rings (SSSR count). The van der Waals surface area contributed by atoms with Crippen LogP contribution in [-0.2, 0) is 15.4 Å². The van der Waals surface area contributed by atoms with Crippen molar-refractivity contribution in [1.82, 2.24) is 19.2 Å². The lowest BCUT2D eigenvalue weighted by Crippen LogP contribution is -2.56. The molecule has 1 aliphatic heterocycles. The standard InChI is InChI=1S/C27H26ClF3N6O2S/c1-26(2,24(30)31)17-6-8-19(9-7-17)40(38,39)37-21-5-3-4-20(28)22(21)23(34-37)36-13-12-35(16-27(36)10-11-27)25-32-14-18(29)15-33-25/h3-9,14-15,24H,10-13,16H2,1-2H3. The van der Waals surface area contributed by atoms with E-state index < -0.39 is 27.7 Å². The van der Waals surface area contributed by atoms with Crippen molar-refractivity contribution >= 4 is 44.3 Å². The lowest BCUT2D eigenvalue weighted by Gasteiger charge is -2.42. The minimum Gasteiger partial charge on any atom is -0.345 e. The molecule has 0 unspecified atom stereocenters. The van der Waals surface area contributed by atoms with Crippen LogP contribution in [-0.4, -0.2) is 59.2 Å². The molecule has 3 heterocycles. The molecule has 0 atom stereocenters. The van der Waals surface area contributed by atoms with Gasteiger partial charge in [0.05, 0.1) is 44.2 Å². The van der Waals surface area contributed by atoms with Gasteiger partial charge in [-0.3, -0.25) is 0 Å². The summed E-state index contributed by atoms with van der Waals surface area (Å²) in [5.41, 5.74) is -1.11. The topological polar surface area (TPSA) is 84.2 Å². The molecule has 1 aliphatic carbocycles. The Hall–Kier alpha value is -3.38. The maximum atomic E-state index is 13.8. The van der Waals surface area contributed by atoms with Gasteiger partial charge in [-0.05, 0) is 42.7 Å². The maximum absolute atomic E-state index is 13.8. The second kappa shape index (κ2) is 9.34. The quantitative estimate of drug-likeness (QED) is 0.303. The Morgan fingerprint density at radius 2 is 1.70 bits per heavy atom. The molecule has 0 bridgehead atoms. The summed E-state index contributed by atoms with van der Waals surface area (Å²) < 4.78 is 69.0. The predicted molar refractivity (Wildman–Crippen MR) is 146 cm³/mol. The molecule has 2 aromatic carbocycles. The molecule has 8 nitrogen and oxygen atoms in total. The summed E-state index contributed by atoms with van der Waals surface area (Å²) >= 11 is 6.63. The molecular weight excluding hydrogens is 565 g/mol. The molecule has 0 radical (unpaired) electrons. The van der Waals surface area contributed by atoms with E-state index in [9.17, 15) is 21.6 Å². The van der Waals surface area contributed by atoms with E-state index in [-0.39, 0.29) is 10.4 Å². The highest BCUT2D eigenvalue weighted by molar-refractivity contribution is 7.90. The van der Waals surface area contributed by atoms with E-state index in [2.05, 4.69) is 20.0 Å². The maximum Gasteiger partial charge on any atom is 0.283 e. The van der Waals surface area contributed by atoms with Crippen LogP contribution in [0, 0.1) is 5.82 Å². The highest BCUT2D eigenvalue weighted by Gasteiger charge is 2.53. The van der Waals surface area contributed by atoms with Gasteiger partial charge in [-0.25, -0.2) is 23.1 Å². The predicted octanol–water partition coefficient (Wildman–Crippen LogP) is 5.26. The molecule has 2 aromatic heterocycles. The fourth-order valence-corrected chi connectivity index (χ4v) is 6.79. The van der Waals surface area contributed by atoms with Crippen LogP contribution in [0.2, 0.25) is 5.02 Å². The molecule has 1 spiro atoms. The number of alkyl halides is 2. The largest absolute Gasteiger partial charge is 0.345 e. The number of anilines is 2. The molecule has 40 heavy (non-hydrogen) atoms. The van der Waals surface area contributed by atoms with Crippen molar-refractivity contribution in [3.63, 3.8) is 0 Å². The minimum absolute atomic E-state index is 0.0725. The van der Waals surface area contributed by atoms with E-state index in [1.165, 1.54) is 38.1 Å². The van der Waals surface area contributed by atoms with Crippen LogP contribution < -0.4 is 9.80 Å². The van der Waals surface area contributed by atoms with Crippen molar-refractivity contribution in [3.8, 4) is 0 Å². The fraction of sp³-hybridized carbons (Fsp3) is 0.370. The summed E-state index contributed by atoms with van der Waals surface area (Å²) in [6, 6.07) is 10.5. The van der Waals surface area contributed by atoms with E-state index in [1.54, 1.807) is 18.2 Å². The average molecular weight is 591 g/mol. The van der Waals surface area contributed by atoms with Crippen LogP contribution in [0.15, 0.2) is 59.8 Å². The minimum atomic E-state index is -4.19. The van der Waals surface area contributed by atoms with Crippen LogP contribution in [0.4, 0.5) is 24.9 Å². The van der Waals surface area contributed by atoms with E-state index in [4.69, 9.17) is 11.6 Å². The number of fused-ring (bicyclic) bond motifs is 1. The summed E-state index contributed by atoms with van der Waals surface area (Å²) in [7, 11) is -4.19. The number of hydrogen-bond acceptors (Lipinski definition) is 7. The highest BCUT2D eigenvalue weighted by atomic mass is 35.5. The molecule has 0 N–H and O–H groups in total. The van der Waals surface area contributed by atoms with Gasteiger partial charge in [-0.2, -0.15) is 12.5 Å². The fourth-order valence-electron chi connectivity index (χ4n) is 5.26. The Morgan fingerprint density at radius 3 is 2.33 bits per heavy atom. The normalized spacial score (nSPS) is 17.3. The summed E-state index contributed by atoms with van der Waals surface area (Å²) in [6.07, 6.45) is 1.35. The Balaban J connectivity index is 1.39. The highest BCUT2D eigenvalue weighted by Crippen LogP contribution is 2.49. The van der Waals surface area contributed by atoms with Gasteiger partial charge in [0.1, 0.15) is 0 Å². The summed E-state index contributed by atoms with van der Waals surface area (Å²) in [4.78, 5) is 12.3. The van der Waals surface area contributed by atoms with Gasteiger partial charge >= 0.3 is 0 Å². The van der Waals surface area contributed by atoms with Crippen molar-refractivity contribution < 1.29 is 21.6 Å². The molecule has 1 saturated carbocycles. The first-order chi connectivity index (χ1) is 18.9. The number of piperazine rings is 1. The Morgan fingerprint density at radius 1 is 1.02 bits per heavy atom. The van der Waals surface area contributed by atoms with E-state index >= 15 is 0 Å². The molecule has 4 aromatic rings. The number of hydrogen-bond donors (Lipinski definition) is 0.